The molecule has 3 aliphatic rings. The van der Waals surface area contributed by atoms with Gasteiger partial charge in [0, 0.05) is 43.7 Å². The van der Waals surface area contributed by atoms with E-state index < -0.39 is 0 Å². The van der Waals surface area contributed by atoms with Crippen molar-refractivity contribution >= 4 is 11.3 Å². The van der Waals surface area contributed by atoms with E-state index in [0.717, 1.165) is 0 Å². The molecule has 0 bridgehead atoms. The number of fused-ring (bicyclic) bond motifs is 1. The second kappa shape index (κ2) is 5.97. The van der Waals surface area contributed by atoms with E-state index in [2.05, 4.69) is 90.8 Å². The highest BCUT2D eigenvalue weighted by Gasteiger charge is 2.24. The molecule has 1 aromatic rings. The Balaban J connectivity index is 1.83. The third-order valence-corrected chi connectivity index (χ3v) is 4.66. The molecule has 1 unspecified atom stereocenters. The van der Waals surface area contributed by atoms with Crippen molar-refractivity contribution in [1.29, 1.82) is 0 Å². The van der Waals surface area contributed by atoms with Crippen molar-refractivity contribution in [3.05, 3.63) is 102 Å². The molecular weight excluding hydrogens is 292 g/mol. The maximum Gasteiger partial charge on any atom is 0.0471 e. The first-order valence-electron chi connectivity index (χ1n) is 8.23. The van der Waals surface area contributed by atoms with Gasteiger partial charge in [-0.3, -0.25) is 4.98 Å². The molecule has 0 radical (unpaired) electrons. The molecule has 0 N–H and O–H groups in total. The molecule has 0 aliphatic heterocycles. The van der Waals surface area contributed by atoms with Crippen LogP contribution >= 0.6 is 0 Å². The zero-order valence-electron chi connectivity index (χ0n) is 14.0. The molecule has 4 rings (SSSR count). The van der Waals surface area contributed by atoms with E-state index in [1.54, 1.807) is 0 Å². The maximum atomic E-state index is 4.36. The maximum absolute atomic E-state index is 4.36. The van der Waals surface area contributed by atoms with Gasteiger partial charge in [-0.1, -0.05) is 60.8 Å². The van der Waals surface area contributed by atoms with Crippen molar-refractivity contribution in [2.75, 3.05) is 19.0 Å². The van der Waals surface area contributed by atoms with Crippen LogP contribution in [0.3, 0.4) is 0 Å². The van der Waals surface area contributed by atoms with Crippen LogP contribution in [0.25, 0.3) is 5.57 Å². The normalized spacial score (nSPS) is 24.0. The standard InChI is InChI=1S/C22H20N2/c1-24(2)22-13-14-23-15-21(22)20-12-6-11-19(20)18-10-5-8-16-7-3-4-9-17(16)18/h3-15,17H,1-2H3/b19-18+. The van der Waals surface area contributed by atoms with Crippen LogP contribution in [0, 0.1) is 5.92 Å². The average Bonchev–Trinajstić information content (AvgIpc) is 3.10. The van der Waals surface area contributed by atoms with Crippen LogP contribution in [0.5, 0.6) is 0 Å². The lowest BCUT2D eigenvalue weighted by Gasteiger charge is -2.25. The van der Waals surface area contributed by atoms with Crippen molar-refractivity contribution in [2.24, 2.45) is 5.92 Å². The third kappa shape index (κ3) is 2.41. The third-order valence-electron chi connectivity index (χ3n) is 4.66. The van der Waals surface area contributed by atoms with Crippen LogP contribution in [0.2, 0.25) is 0 Å². The summed E-state index contributed by atoms with van der Waals surface area (Å²) in [5, 5.41) is 0. The molecule has 2 nitrogen and oxygen atoms in total. The summed E-state index contributed by atoms with van der Waals surface area (Å²) in [6, 6.07) is 2.07. The van der Waals surface area contributed by atoms with Gasteiger partial charge in [-0.2, -0.15) is 0 Å². The summed E-state index contributed by atoms with van der Waals surface area (Å²) in [5.74, 6) is 0.334. The Morgan fingerprint density at radius 3 is 2.71 bits per heavy atom. The van der Waals surface area contributed by atoms with E-state index in [0.29, 0.717) is 5.92 Å². The highest BCUT2D eigenvalue weighted by atomic mass is 15.1. The van der Waals surface area contributed by atoms with Gasteiger partial charge in [0.15, 0.2) is 0 Å². The lowest BCUT2D eigenvalue weighted by atomic mass is 9.80. The predicted octanol–water partition coefficient (Wildman–Crippen LogP) is 4.64. The second-order valence-electron chi connectivity index (χ2n) is 6.34. The number of nitrogens with zero attached hydrogens (tertiary/aromatic N) is 2. The highest BCUT2D eigenvalue weighted by Crippen LogP contribution is 2.41. The number of hydrogen-bond donors (Lipinski definition) is 0. The molecule has 1 atom stereocenters. The number of anilines is 1. The molecule has 1 heterocycles. The fourth-order valence-electron chi connectivity index (χ4n) is 3.51. The molecule has 0 amide bonds. The quantitative estimate of drug-likeness (QED) is 0.791. The van der Waals surface area contributed by atoms with Crippen molar-refractivity contribution in [1.82, 2.24) is 4.98 Å². The molecule has 1 aromatic heterocycles. The molecular formula is C22H20N2. The molecule has 118 valence electrons. The molecule has 0 spiro atoms. The van der Waals surface area contributed by atoms with Gasteiger partial charge < -0.3 is 4.90 Å². The fraction of sp³-hybridized carbons (Fsp3) is 0.136. The summed E-state index contributed by atoms with van der Waals surface area (Å²) in [6.45, 7) is 0. The smallest absolute Gasteiger partial charge is 0.0471 e. The molecule has 24 heavy (non-hydrogen) atoms. The zero-order chi connectivity index (χ0) is 16.5. The van der Waals surface area contributed by atoms with Crippen LogP contribution in [-0.4, -0.2) is 19.1 Å². The van der Waals surface area contributed by atoms with Gasteiger partial charge in [-0.25, -0.2) is 0 Å². The fourth-order valence-corrected chi connectivity index (χ4v) is 3.51. The van der Waals surface area contributed by atoms with E-state index in [1.165, 1.54) is 33.5 Å². The van der Waals surface area contributed by atoms with Gasteiger partial charge in [0.25, 0.3) is 0 Å². The minimum absolute atomic E-state index is 0.334. The average molecular weight is 312 g/mol. The van der Waals surface area contributed by atoms with Crippen molar-refractivity contribution in [3.63, 3.8) is 0 Å². The largest absolute Gasteiger partial charge is 0.377 e. The number of aromatic nitrogens is 1. The van der Waals surface area contributed by atoms with Crippen LogP contribution in [0.15, 0.2) is 95.9 Å². The van der Waals surface area contributed by atoms with E-state index >= 15 is 0 Å². The van der Waals surface area contributed by atoms with Crippen molar-refractivity contribution in [3.8, 4) is 0 Å². The topological polar surface area (TPSA) is 16.1 Å². The van der Waals surface area contributed by atoms with Gasteiger partial charge in [-0.15, -0.1) is 0 Å². The monoisotopic (exact) mass is 312 g/mol. The summed E-state index contributed by atoms with van der Waals surface area (Å²) in [7, 11) is 4.15. The van der Waals surface area contributed by atoms with Crippen LogP contribution in [0.4, 0.5) is 5.69 Å². The van der Waals surface area contributed by atoms with Gasteiger partial charge in [-0.05, 0) is 28.4 Å². The summed E-state index contributed by atoms with van der Waals surface area (Å²) < 4.78 is 0. The van der Waals surface area contributed by atoms with Crippen LogP contribution < -0.4 is 4.90 Å². The molecule has 0 fully saturated rings. The van der Waals surface area contributed by atoms with Crippen molar-refractivity contribution in [2.45, 2.75) is 0 Å². The zero-order valence-corrected chi connectivity index (χ0v) is 14.0. The summed E-state index contributed by atoms with van der Waals surface area (Å²) in [6.07, 6.45) is 25.7. The summed E-state index contributed by atoms with van der Waals surface area (Å²) >= 11 is 0. The number of pyridine rings is 1. The first-order chi connectivity index (χ1) is 11.8. The van der Waals surface area contributed by atoms with Gasteiger partial charge >= 0.3 is 0 Å². The summed E-state index contributed by atoms with van der Waals surface area (Å²) in [5.41, 5.74) is 7.60. The minimum Gasteiger partial charge on any atom is -0.377 e. The molecule has 0 saturated heterocycles. The lowest BCUT2D eigenvalue weighted by molar-refractivity contribution is 0.926. The highest BCUT2D eigenvalue weighted by molar-refractivity contribution is 5.92. The molecule has 3 aliphatic carbocycles. The Kier molecular flexibility index (Phi) is 3.66. The first-order valence-corrected chi connectivity index (χ1v) is 8.23. The second-order valence-corrected chi connectivity index (χ2v) is 6.34. The lowest BCUT2D eigenvalue weighted by Crippen LogP contribution is -2.12. The van der Waals surface area contributed by atoms with Gasteiger partial charge in [0.05, 0.1) is 0 Å². The minimum atomic E-state index is 0.334. The van der Waals surface area contributed by atoms with Crippen LogP contribution in [0.1, 0.15) is 5.56 Å². The Labute approximate surface area is 143 Å². The van der Waals surface area contributed by atoms with Crippen LogP contribution in [-0.2, 0) is 0 Å². The van der Waals surface area contributed by atoms with E-state index in [-0.39, 0.29) is 0 Å². The Hall–Kier alpha value is -2.87. The van der Waals surface area contributed by atoms with E-state index in [1.807, 2.05) is 12.4 Å². The summed E-state index contributed by atoms with van der Waals surface area (Å²) in [4.78, 5) is 6.50. The molecule has 0 aromatic carbocycles. The predicted molar refractivity (Wildman–Crippen MR) is 102 cm³/mol. The number of rotatable bonds is 2. The Morgan fingerprint density at radius 2 is 1.83 bits per heavy atom. The van der Waals surface area contributed by atoms with Gasteiger partial charge in [0.1, 0.15) is 0 Å². The number of allylic oxidation sites excluding steroid dienone is 14. The van der Waals surface area contributed by atoms with E-state index in [4.69, 9.17) is 0 Å². The Morgan fingerprint density at radius 1 is 0.958 bits per heavy atom. The Bertz CT molecular complexity index is 886. The SMILES string of the molecule is CN(C)c1ccncc1C1=CC=C/C1=C1/C=CC=C2C=CC=CC21. The van der Waals surface area contributed by atoms with Crippen molar-refractivity contribution < 1.29 is 0 Å². The molecule has 0 saturated carbocycles. The van der Waals surface area contributed by atoms with E-state index in [9.17, 15) is 0 Å². The van der Waals surface area contributed by atoms with Gasteiger partial charge in [0.2, 0.25) is 0 Å². The molecule has 2 heteroatoms. The number of hydrogen-bond acceptors (Lipinski definition) is 2. The first kappa shape index (κ1) is 14.7.